The molecular weight excluding hydrogens is 388 g/mol. The third-order valence-corrected chi connectivity index (χ3v) is 5.21. The third-order valence-electron chi connectivity index (χ3n) is 5.21. The van der Waals surface area contributed by atoms with Crippen molar-refractivity contribution in [2.24, 2.45) is 0 Å². The first kappa shape index (κ1) is 20.2. The first-order valence-electron chi connectivity index (χ1n) is 10.00. The SMILES string of the molecule is COc1ccc(-c2cc(-c3ccc(C(=O)NC(C)c4ccc(N)cc4)cc3)[nH]n2)cc1. The second kappa shape index (κ2) is 8.75. The highest BCUT2D eigenvalue weighted by atomic mass is 16.5. The first-order valence-corrected chi connectivity index (χ1v) is 10.00. The van der Waals surface area contributed by atoms with E-state index in [4.69, 9.17) is 10.5 Å². The van der Waals surface area contributed by atoms with Crippen molar-refractivity contribution >= 4 is 11.6 Å². The molecule has 0 aliphatic carbocycles. The van der Waals surface area contributed by atoms with Crippen LogP contribution >= 0.6 is 0 Å². The van der Waals surface area contributed by atoms with Gasteiger partial charge in [-0.05, 0) is 72.6 Å². The number of aromatic amines is 1. The van der Waals surface area contributed by atoms with E-state index >= 15 is 0 Å². The number of ether oxygens (including phenoxy) is 1. The van der Waals surface area contributed by atoms with Gasteiger partial charge in [-0.2, -0.15) is 5.10 Å². The molecule has 0 aliphatic heterocycles. The molecule has 1 unspecified atom stereocenters. The fourth-order valence-electron chi connectivity index (χ4n) is 3.33. The Bertz CT molecular complexity index is 1160. The van der Waals surface area contributed by atoms with E-state index in [1.165, 1.54) is 0 Å². The smallest absolute Gasteiger partial charge is 0.251 e. The summed E-state index contributed by atoms with van der Waals surface area (Å²) < 4.78 is 5.20. The van der Waals surface area contributed by atoms with Gasteiger partial charge in [0, 0.05) is 16.8 Å². The van der Waals surface area contributed by atoms with Gasteiger partial charge in [0.15, 0.2) is 0 Å². The average Bonchev–Trinajstić information content (AvgIpc) is 3.30. The van der Waals surface area contributed by atoms with Gasteiger partial charge in [0.25, 0.3) is 5.91 Å². The topological polar surface area (TPSA) is 93.0 Å². The number of carbonyl (C=O) groups is 1. The minimum Gasteiger partial charge on any atom is -0.497 e. The lowest BCUT2D eigenvalue weighted by atomic mass is 10.1. The van der Waals surface area contributed by atoms with Crippen LogP contribution in [0.15, 0.2) is 78.9 Å². The van der Waals surface area contributed by atoms with E-state index in [2.05, 4.69) is 15.5 Å². The molecule has 4 rings (SSSR count). The van der Waals surface area contributed by atoms with Crippen LogP contribution in [0.3, 0.4) is 0 Å². The number of nitrogen functional groups attached to an aromatic ring is 1. The zero-order chi connectivity index (χ0) is 21.8. The van der Waals surface area contributed by atoms with Crippen LogP contribution in [-0.2, 0) is 0 Å². The molecule has 0 fully saturated rings. The Kier molecular flexibility index (Phi) is 5.71. The van der Waals surface area contributed by atoms with Gasteiger partial charge in [0.05, 0.1) is 24.5 Å². The van der Waals surface area contributed by atoms with Crippen LogP contribution in [-0.4, -0.2) is 23.2 Å². The maximum Gasteiger partial charge on any atom is 0.251 e. The molecule has 0 saturated heterocycles. The van der Waals surface area contributed by atoms with Crippen molar-refractivity contribution in [2.75, 3.05) is 12.8 Å². The standard InChI is InChI=1S/C25H24N4O2/c1-16(17-7-11-21(26)12-8-17)27-25(30)20-5-3-18(4-6-20)23-15-24(29-28-23)19-9-13-22(31-2)14-10-19/h3-16H,26H2,1-2H3,(H,27,30)(H,28,29). The molecule has 1 atom stereocenters. The van der Waals surface area contributed by atoms with Crippen LogP contribution in [0, 0.1) is 0 Å². The molecule has 0 bridgehead atoms. The van der Waals surface area contributed by atoms with Crippen molar-refractivity contribution in [3.63, 3.8) is 0 Å². The highest BCUT2D eigenvalue weighted by Crippen LogP contribution is 2.25. The fourth-order valence-corrected chi connectivity index (χ4v) is 3.33. The van der Waals surface area contributed by atoms with Gasteiger partial charge in [-0.25, -0.2) is 0 Å². The molecule has 3 aromatic carbocycles. The molecule has 0 saturated carbocycles. The molecule has 156 valence electrons. The maximum absolute atomic E-state index is 12.6. The molecular formula is C25H24N4O2. The molecule has 0 spiro atoms. The van der Waals surface area contributed by atoms with Crippen molar-refractivity contribution in [3.8, 4) is 28.3 Å². The number of benzene rings is 3. The lowest BCUT2D eigenvalue weighted by Gasteiger charge is -2.14. The number of amides is 1. The molecule has 31 heavy (non-hydrogen) atoms. The quantitative estimate of drug-likeness (QED) is 0.396. The number of aromatic nitrogens is 2. The zero-order valence-corrected chi connectivity index (χ0v) is 17.4. The summed E-state index contributed by atoms with van der Waals surface area (Å²) in [5, 5.41) is 10.5. The second-order valence-corrected chi connectivity index (χ2v) is 7.33. The van der Waals surface area contributed by atoms with Gasteiger partial charge < -0.3 is 15.8 Å². The lowest BCUT2D eigenvalue weighted by molar-refractivity contribution is 0.0940. The van der Waals surface area contributed by atoms with Crippen LogP contribution in [0.4, 0.5) is 5.69 Å². The first-order chi connectivity index (χ1) is 15.0. The zero-order valence-electron chi connectivity index (χ0n) is 17.4. The summed E-state index contributed by atoms with van der Waals surface area (Å²) >= 11 is 0. The summed E-state index contributed by atoms with van der Waals surface area (Å²) in [5.74, 6) is 0.679. The number of H-pyrrole nitrogens is 1. The average molecular weight is 412 g/mol. The van der Waals surface area contributed by atoms with Gasteiger partial charge in [-0.1, -0.05) is 24.3 Å². The predicted octanol–water partition coefficient (Wildman–Crippen LogP) is 4.83. The molecule has 0 radical (unpaired) electrons. The molecule has 0 aliphatic rings. The van der Waals surface area contributed by atoms with E-state index in [9.17, 15) is 4.79 Å². The maximum atomic E-state index is 12.6. The largest absolute Gasteiger partial charge is 0.497 e. The monoisotopic (exact) mass is 412 g/mol. The number of nitrogens with zero attached hydrogens (tertiary/aromatic N) is 1. The predicted molar refractivity (Wildman–Crippen MR) is 123 cm³/mol. The van der Waals surface area contributed by atoms with E-state index in [-0.39, 0.29) is 11.9 Å². The van der Waals surface area contributed by atoms with E-state index in [0.717, 1.165) is 33.8 Å². The molecule has 4 aromatic rings. The number of hydrogen-bond acceptors (Lipinski definition) is 4. The molecule has 1 amide bonds. The van der Waals surface area contributed by atoms with Crippen LogP contribution in [0.5, 0.6) is 5.75 Å². The summed E-state index contributed by atoms with van der Waals surface area (Å²) in [6, 6.07) is 24.6. The van der Waals surface area contributed by atoms with E-state index in [1.807, 2.05) is 85.8 Å². The van der Waals surface area contributed by atoms with Crippen LogP contribution in [0.25, 0.3) is 22.5 Å². The Morgan fingerprint density at radius 2 is 1.61 bits per heavy atom. The highest BCUT2D eigenvalue weighted by Gasteiger charge is 2.12. The van der Waals surface area contributed by atoms with E-state index in [1.54, 1.807) is 7.11 Å². The van der Waals surface area contributed by atoms with Crippen molar-refractivity contribution < 1.29 is 9.53 Å². The van der Waals surface area contributed by atoms with Crippen LogP contribution < -0.4 is 15.8 Å². The molecule has 1 heterocycles. The number of nitrogens with two attached hydrogens (primary N) is 1. The van der Waals surface area contributed by atoms with Crippen LogP contribution in [0.1, 0.15) is 28.9 Å². The summed E-state index contributed by atoms with van der Waals surface area (Å²) in [6.45, 7) is 1.95. The molecule has 6 heteroatoms. The lowest BCUT2D eigenvalue weighted by Crippen LogP contribution is -2.26. The van der Waals surface area contributed by atoms with Gasteiger partial charge in [-0.15, -0.1) is 0 Å². The fraction of sp³-hybridized carbons (Fsp3) is 0.120. The molecule has 6 nitrogen and oxygen atoms in total. The van der Waals surface area contributed by atoms with Crippen molar-refractivity contribution in [2.45, 2.75) is 13.0 Å². The van der Waals surface area contributed by atoms with E-state index in [0.29, 0.717) is 11.3 Å². The Labute approximate surface area is 181 Å². The Balaban J connectivity index is 1.44. The van der Waals surface area contributed by atoms with Crippen molar-refractivity contribution in [1.29, 1.82) is 0 Å². The normalized spacial score (nSPS) is 11.7. The number of nitrogens with one attached hydrogen (secondary N) is 2. The number of rotatable bonds is 6. The minimum atomic E-state index is -0.126. The Hall–Kier alpha value is -4.06. The van der Waals surface area contributed by atoms with Gasteiger partial charge in [-0.3, -0.25) is 9.89 Å². The number of anilines is 1. The minimum absolute atomic E-state index is 0.118. The Morgan fingerprint density at radius 3 is 2.26 bits per heavy atom. The molecule has 1 aromatic heterocycles. The number of methoxy groups -OCH3 is 1. The molecule has 4 N–H and O–H groups in total. The number of carbonyl (C=O) groups excluding carboxylic acids is 1. The van der Waals surface area contributed by atoms with Gasteiger partial charge in [0.2, 0.25) is 0 Å². The highest BCUT2D eigenvalue weighted by molar-refractivity contribution is 5.95. The van der Waals surface area contributed by atoms with Crippen molar-refractivity contribution in [3.05, 3.63) is 90.0 Å². The second-order valence-electron chi connectivity index (χ2n) is 7.33. The summed E-state index contributed by atoms with van der Waals surface area (Å²) in [7, 11) is 1.64. The van der Waals surface area contributed by atoms with Crippen molar-refractivity contribution in [1.82, 2.24) is 15.5 Å². The van der Waals surface area contributed by atoms with Gasteiger partial charge >= 0.3 is 0 Å². The van der Waals surface area contributed by atoms with Crippen LogP contribution in [0.2, 0.25) is 0 Å². The Morgan fingerprint density at radius 1 is 0.968 bits per heavy atom. The summed E-state index contributed by atoms with van der Waals surface area (Å²) in [6.07, 6.45) is 0. The summed E-state index contributed by atoms with van der Waals surface area (Å²) in [4.78, 5) is 12.6. The summed E-state index contributed by atoms with van der Waals surface area (Å²) in [5.41, 5.74) is 11.7. The number of hydrogen-bond donors (Lipinski definition) is 3. The van der Waals surface area contributed by atoms with E-state index < -0.39 is 0 Å². The third kappa shape index (κ3) is 4.59. The van der Waals surface area contributed by atoms with Gasteiger partial charge in [0.1, 0.15) is 5.75 Å².